The van der Waals surface area contributed by atoms with Gasteiger partial charge in [-0.3, -0.25) is 0 Å². The Hall–Kier alpha value is -2.58. The molecule has 3 aromatic rings. The molecule has 6 atom stereocenters. The lowest BCUT2D eigenvalue weighted by Crippen LogP contribution is -2.65. The smallest absolute Gasteiger partial charge is 0.115 e. The van der Waals surface area contributed by atoms with Crippen molar-refractivity contribution in [2.75, 3.05) is 0 Å². The Balaban J connectivity index is 1.49. The number of aliphatic hydroxyl groups is 3. The Morgan fingerprint density at radius 1 is 0.424 bits per heavy atom. The fourth-order valence-corrected chi connectivity index (χ4v) is 4.05. The second-order valence-electron chi connectivity index (χ2n) is 8.26. The minimum absolute atomic E-state index is 0.188. The zero-order valence-corrected chi connectivity index (χ0v) is 18.3. The highest BCUT2D eigenvalue weighted by Gasteiger charge is 2.51. The van der Waals surface area contributed by atoms with E-state index in [1.807, 2.05) is 91.0 Å². The van der Waals surface area contributed by atoms with Gasteiger partial charge < -0.3 is 29.5 Å². The summed E-state index contributed by atoms with van der Waals surface area (Å²) >= 11 is 0. The summed E-state index contributed by atoms with van der Waals surface area (Å²) in [5, 5.41) is 32.8. The predicted octanol–water partition coefficient (Wildman–Crippen LogP) is 2.84. The summed E-state index contributed by atoms with van der Waals surface area (Å²) < 4.78 is 17.9. The Morgan fingerprint density at radius 3 is 1.12 bits per heavy atom. The van der Waals surface area contributed by atoms with Gasteiger partial charge in [0.1, 0.15) is 36.6 Å². The Kier molecular flexibility index (Phi) is 8.23. The Labute approximate surface area is 194 Å². The van der Waals surface area contributed by atoms with Crippen LogP contribution in [0.4, 0.5) is 0 Å². The highest BCUT2D eigenvalue weighted by molar-refractivity contribution is 5.16. The number of aliphatic hydroxyl groups excluding tert-OH is 3. The lowest BCUT2D eigenvalue weighted by Gasteiger charge is -2.45. The highest BCUT2D eigenvalue weighted by Crippen LogP contribution is 2.30. The maximum Gasteiger partial charge on any atom is 0.115 e. The van der Waals surface area contributed by atoms with E-state index in [4.69, 9.17) is 14.2 Å². The first-order chi connectivity index (χ1) is 16.1. The maximum absolute atomic E-state index is 11.1. The van der Waals surface area contributed by atoms with Crippen LogP contribution in [0.2, 0.25) is 0 Å². The number of hydrogen-bond acceptors (Lipinski definition) is 6. The molecule has 0 radical (unpaired) electrons. The zero-order valence-electron chi connectivity index (χ0n) is 18.3. The van der Waals surface area contributed by atoms with E-state index in [1.165, 1.54) is 0 Å². The quantitative estimate of drug-likeness (QED) is 0.465. The molecule has 1 fully saturated rings. The molecule has 1 saturated carbocycles. The standard InChI is InChI=1S/C27H30O6/c28-22-23(29)26(32-17-20-12-6-2-7-13-20)27(33-18-21-14-8-3-9-15-21)24(30)25(22)31-16-19-10-4-1-5-11-19/h1-15,22-30H,16-18H2/t22-,23+,24+,25-,26-,27+/m1/s1. The van der Waals surface area contributed by atoms with Crippen LogP contribution in [0.1, 0.15) is 16.7 Å². The van der Waals surface area contributed by atoms with Gasteiger partial charge in [-0.1, -0.05) is 91.0 Å². The van der Waals surface area contributed by atoms with Crippen molar-refractivity contribution in [3.8, 4) is 0 Å². The van der Waals surface area contributed by atoms with Crippen molar-refractivity contribution >= 4 is 0 Å². The van der Waals surface area contributed by atoms with E-state index in [-0.39, 0.29) is 19.8 Å². The minimum atomic E-state index is -1.33. The predicted molar refractivity (Wildman–Crippen MR) is 123 cm³/mol. The third kappa shape index (κ3) is 6.06. The van der Waals surface area contributed by atoms with Crippen LogP contribution in [-0.2, 0) is 34.0 Å². The van der Waals surface area contributed by atoms with Crippen LogP contribution in [0.5, 0.6) is 0 Å². The van der Waals surface area contributed by atoms with Gasteiger partial charge in [-0.2, -0.15) is 0 Å². The van der Waals surface area contributed by atoms with Crippen molar-refractivity contribution < 1.29 is 29.5 Å². The van der Waals surface area contributed by atoms with E-state index in [0.717, 1.165) is 16.7 Å². The first kappa shape index (κ1) is 23.6. The summed E-state index contributed by atoms with van der Waals surface area (Å²) in [6, 6.07) is 28.6. The van der Waals surface area contributed by atoms with Crippen LogP contribution in [0.3, 0.4) is 0 Å². The molecule has 174 valence electrons. The third-order valence-electron chi connectivity index (χ3n) is 5.88. The van der Waals surface area contributed by atoms with E-state index < -0.39 is 36.6 Å². The molecule has 0 saturated heterocycles. The van der Waals surface area contributed by atoms with Crippen molar-refractivity contribution in [3.63, 3.8) is 0 Å². The van der Waals surface area contributed by atoms with Crippen molar-refractivity contribution in [1.82, 2.24) is 0 Å². The second kappa shape index (κ2) is 11.5. The normalized spacial score (nSPS) is 27.4. The Bertz CT molecular complexity index is 952. The number of rotatable bonds is 9. The average molecular weight is 451 g/mol. The zero-order chi connectivity index (χ0) is 23.0. The van der Waals surface area contributed by atoms with E-state index in [2.05, 4.69) is 0 Å². The molecule has 4 rings (SSSR count). The Morgan fingerprint density at radius 2 is 0.727 bits per heavy atom. The van der Waals surface area contributed by atoms with Gasteiger partial charge >= 0.3 is 0 Å². The van der Waals surface area contributed by atoms with Gasteiger partial charge in [0.15, 0.2) is 0 Å². The number of benzene rings is 3. The topological polar surface area (TPSA) is 88.4 Å². The van der Waals surface area contributed by atoms with E-state index in [1.54, 1.807) is 0 Å². The van der Waals surface area contributed by atoms with Crippen molar-refractivity contribution in [2.45, 2.75) is 56.4 Å². The van der Waals surface area contributed by atoms with Gasteiger partial charge in [0.05, 0.1) is 19.8 Å². The highest BCUT2D eigenvalue weighted by atomic mass is 16.6. The summed E-state index contributed by atoms with van der Waals surface area (Å²) in [5.74, 6) is 0. The molecule has 0 amide bonds. The van der Waals surface area contributed by atoms with Crippen LogP contribution in [-0.4, -0.2) is 51.9 Å². The largest absolute Gasteiger partial charge is 0.387 e. The number of ether oxygens (including phenoxy) is 3. The van der Waals surface area contributed by atoms with E-state index in [9.17, 15) is 15.3 Å². The van der Waals surface area contributed by atoms with E-state index >= 15 is 0 Å². The van der Waals surface area contributed by atoms with Gasteiger partial charge in [0.25, 0.3) is 0 Å². The van der Waals surface area contributed by atoms with E-state index in [0.29, 0.717) is 0 Å². The third-order valence-corrected chi connectivity index (χ3v) is 5.88. The molecule has 3 aromatic carbocycles. The minimum Gasteiger partial charge on any atom is -0.387 e. The molecule has 6 nitrogen and oxygen atoms in total. The first-order valence-electron chi connectivity index (χ1n) is 11.1. The lowest BCUT2D eigenvalue weighted by atomic mass is 9.84. The monoisotopic (exact) mass is 450 g/mol. The van der Waals surface area contributed by atoms with Crippen LogP contribution in [0.15, 0.2) is 91.0 Å². The molecule has 0 aromatic heterocycles. The molecular weight excluding hydrogens is 420 g/mol. The fourth-order valence-electron chi connectivity index (χ4n) is 4.05. The molecule has 33 heavy (non-hydrogen) atoms. The molecule has 0 unspecified atom stereocenters. The van der Waals surface area contributed by atoms with Gasteiger partial charge in [-0.15, -0.1) is 0 Å². The molecule has 0 spiro atoms. The van der Waals surface area contributed by atoms with Crippen molar-refractivity contribution in [1.29, 1.82) is 0 Å². The molecule has 0 bridgehead atoms. The van der Waals surface area contributed by atoms with Crippen molar-refractivity contribution in [2.24, 2.45) is 0 Å². The fraction of sp³-hybridized carbons (Fsp3) is 0.333. The molecule has 0 heterocycles. The molecule has 3 N–H and O–H groups in total. The van der Waals surface area contributed by atoms with Crippen LogP contribution in [0.25, 0.3) is 0 Å². The summed E-state index contributed by atoms with van der Waals surface area (Å²) in [4.78, 5) is 0. The van der Waals surface area contributed by atoms with Gasteiger partial charge in [0.2, 0.25) is 0 Å². The van der Waals surface area contributed by atoms with Gasteiger partial charge in [-0.25, -0.2) is 0 Å². The molecule has 1 aliphatic carbocycles. The van der Waals surface area contributed by atoms with Crippen LogP contribution >= 0.6 is 0 Å². The summed E-state index contributed by atoms with van der Waals surface area (Å²) in [5.41, 5.74) is 2.74. The van der Waals surface area contributed by atoms with Gasteiger partial charge in [0, 0.05) is 0 Å². The first-order valence-corrected chi connectivity index (χ1v) is 11.1. The maximum atomic E-state index is 11.1. The average Bonchev–Trinajstić information content (AvgIpc) is 2.86. The van der Waals surface area contributed by atoms with Crippen LogP contribution in [0, 0.1) is 0 Å². The van der Waals surface area contributed by atoms with Crippen molar-refractivity contribution in [3.05, 3.63) is 108 Å². The lowest BCUT2D eigenvalue weighted by molar-refractivity contribution is -0.262. The SMILES string of the molecule is O[C@@H]1[C@H](O)[C@@H](OCc2ccccc2)[C@@H](OCc2ccccc2)[C@@H](O)[C@@H]1OCc1ccccc1. The summed E-state index contributed by atoms with van der Waals surface area (Å²) in [7, 11) is 0. The molecule has 0 aliphatic heterocycles. The van der Waals surface area contributed by atoms with Crippen LogP contribution < -0.4 is 0 Å². The summed E-state index contributed by atoms with van der Waals surface area (Å²) in [6.45, 7) is 0.623. The molecule has 1 aliphatic rings. The molecule has 6 heteroatoms. The van der Waals surface area contributed by atoms with Gasteiger partial charge in [-0.05, 0) is 16.7 Å². The number of hydrogen-bond donors (Lipinski definition) is 3. The summed E-state index contributed by atoms with van der Waals surface area (Å²) in [6.07, 6.45) is -6.68. The molecular formula is C27H30O6. The second-order valence-corrected chi connectivity index (χ2v) is 8.26.